The fourth-order valence-corrected chi connectivity index (χ4v) is 9.77. The second kappa shape index (κ2) is 18.9. The van der Waals surface area contributed by atoms with Crippen molar-refractivity contribution in [3.05, 3.63) is 151 Å². The minimum absolute atomic E-state index is 0.0293. The molecule has 1 atom stereocenters. The Morgan fingerprint density at radius 1 is 0.578 bits per heavy atom. The van der Waals surface area contributed by atoms with Crippen molar-refractivity contribution in [1.29, 1.82) is 0 Å². The van der Waals surface area contributed by atoms with E-state index in [2.05, 4.69) is 80.5 Å². The quantitative estimate of drug-likeness (QED) is 0.125. The Hall–Kier alpha value is -6.10. The van der Waals surface area contributed by atoms with Crippen LogP contribution in [0.4, 0.5) is 0 Å². The topological polar surface area (TPSA) is 109 Å². The van der Waals surface area contributed by atoms with Gasteiger partial charge in [0.05, 0.1) is 0 Å². The molecular weight excluding hydrogens is 801 g/mol. The number of aryl methyl sites for hydroxylation is 2. The number of aromatic amines is 2. The normalized spacial score (nSPS) is 18.4. The van der Waals surface area contributed by atoms with Gasteiger partial charge in [-0.3, -0.25) is 19.4 Å². The monoisotopic (exact) mass is 858 g/mol. The molecule has 4 aliphatic heterocycles. The number of ether oxygens (including phenoxy) is 4. The predicted molar refractivity (Wildman–Crippen MR) is 255 cm³/mol. The lowest BCUT2D eigenvalue weighted by Crippen LogP contribution is -2.30. The zero-order valence-electron chi connectivity index (χ0n) is 36.9. The average Bonchev–Trinajstić information content (AvgIpc) is 3.33. The van der Waals surface area contributed by atoms with Crippen LogP contribution in [0.15, 0.2) is 107 Å². The number of fused-ring (bicyclic) bond motifs is 4. The van der Waals surface area contributed by atoms with Gasteiger partial charge in [-0.05, 0) is 176 Å². The minimum Gasteiger partial charge on any atom is -0.486 e. The first-order valence-corrected chi connectivity index (χ1v) is 23.5. The highest BCUT2D eigenvalue weighted by Crippen LogP contribution is 2.38. The summed E-state index contributed by atoms with van der Waals surface area (Å²) in [6.45, 7) is 9.66. The van der Waals surface area contributed by atoms with Gasteiger partial charge in [0.25, 0.3) is 11.1 Å². The Morgan fingerprint density at radius 2 is 1.08 bits per heavy atom. The van der Waals surface area contributed by atoms with Gasteiger partial charge in [-0.1, -0.05) is 56.2 Å². The number of nitrogens with zero attached hydrogens (tertiary/aromatic N) is 2. The SMILES string of the molecule is CCc1cc2cc(/C(=C\CN3CCCCC3)c3ccc4c(c3)OC(CCc3cc5cc(/C(=C/CN6CCCCC6)c6ccc7c(c6)OCCO7)ccc5[nH]c3=O)CO4)ccc2[nH]c1=O. The Morgan fingerprint density at radius 3 is 1.67 bits per heavy atom. The summed E-state index contributed by atoms with van der Waals surface area (Å²) in [6, 6.07) is 29.1. The maximum atomic E-state index is 13.5. The van der Waals surface area contributed by atoms with Gasteiger partial charge in [-0.15, -0.1) is 0 Å². The lowest BCUT2D eigenvalue weighted by Gasteiger charge is -2.28. The van der Waals surface area contributed by atoms with E-state index in [9.17, 15) is 9.59 Å². The lowest BCUT2D eigenvalue weighted by molar-refractivity contribution is 0.0850. The van der Waals surface area contributed by atoms with Gasteiger partial charge < -0.3 is 28.9 Å². The van der Waals surface area contributed by atoms with Gasteiger partial charge in [0, 0.05) is 35.2 Å². The van der Waals surface area contributed by atoms with Crippen molar-refractivity contribution in [1.82, 2.24) is 19.8 Å². The van der Waals surface area contributed by atoms with Crippen LogP contribution in [0.25, 0.3) is 33.0 Å². The van der Waals surface area contributed by atoms with Crippen LogP contribution in [0.1, 0.15) is 85.3 Å². The van der Waals surface area contributed by atoms with E-state index in [-0.39, 0.29) is 17.2 Å². The number of pyridine rings is 2. The van der Waals surface area contributed by atoms with E-state index >= 15 is 0 Å². The van der Waals surface area contributed by atoms with Gasteiger partial charge >= 0.3 is 0 Å². The zero-order valence-corrected chi connectivity index (χ0v) is 36.9. The summed E-state index contributed by atoms with van der Waals surface area (Å²) in [4.78, 5) is 37.4. The number of rotatable bonds is 12. The Kier molecular flexibility index (Phi) is 12.4. The molecule has 2 N–H and O–H groups in total. The second-order valence-electron chi connectivity index (χ2n) is 17.8. The van der Waals surface area contributed by atoms with Gasteiger partial charge in [0.15, 0.2) is 23.0 Å². The molecule has 2 fully saturated rings. The van der Waals surface area contributed by atoms with Crippen LogP contribution in [0.5, 0.6) is 23.0 Å². The molecule has 1 unspecified atom stereocenters. The average molecular weight is 859 g/mol. The van der Waals surface area contributed by atoms with E-state index in [0.717, 1.165) is 123 Å². The minimum atomic E-state index is -0.227. The molecule has 10 rings (SSSR count). The molecular formula is C54H58N4O6. The number of H-pyrrole nitrogens is 2. The van der Waals surface area contributed by atoms with Crippen molar-refractivity contribution in [2.75, 3.05) is 59.1 Å². The Bertz CT molecular complexity index is 2850. The van der Waals surface area contributed by atoms with Gasteiger partial charge in [0.1, 0.15) is 25.9 Å². The van der Waals surface area contributed by atoms with E-state index in [4.69, 9.17) is 18.9 Å². The first-order valence-electron chi connectivity index (χ1n) is 23.5. The van der Waals surface area contributed by atoms with Gasteiger partial charge in [-0.25, -0.2) is 0 Å². The number of hydrogen-bond acceptors (Lipinski definition) is 8. The highest BCUT2D eigenvalue weighted by molar-refractivity contribution is 5.90. The van der Waals surface area contributed by atoms with Gasteiger partial charge in [-0.2, -0.15) is 0 Å². The summed E-state index contributed by atoms with van der Waals surface area (Å²) in [5.41, 5.74) is 9.57. The van der Waals surface area contributed by atoms with Crippen molar-refractivity contribution in [3.63, 3.8) is 0 Å². The first kappa shape index (κ1) is 41.9. The lowest BCUT2D eigenvalue weighted by atomic mass is 9.94. The fourth-order valence-electron chi connectivity index (χ4n) is 9.77. The fraction of sp³-hybridized carbons (Fsp3) is 0.370. The van der Waals surface area contributed by atoms with Crippen molar-refractivity contribution in [2.45, 2.75) is 70.8 Å². The third-order valence-corrected chi connectivity index (χ3v) is 13.4. The molecule has 4 aromatic carbocycles. The van der Waals surface area contributed by atoms with E-state index in [1.54, 1.807) is 0 Å². The molecule has 0 aliphatic carbocycles. The molecule has 10 heteroatoms. The Balaban J connectivity index is 0.894. The smallest absolute Gasteiger partial charge is 0.251 e. The third-order valence-electron chi connectivity index (χ3n) is 13.4. The first-order chi connectivity index (χ1) is 31.4. The molecule has 0 bridgehead atoms. The van der Waals surface area contributed by atoms with E-state index in [1.807, 2.05) is 43.3 Å². The van der Waals surface area contributed by atoms with Crippen LogP contribution in [0, 0.1) is 0 Å². The summed E-state index contributed by atoms with van der Waals surface area (Å²) in [7, 11) is 0. The summed E-state index contributed by atoms with van der Waals surface area (Å²) >= 11 is 0. The predicted octanol–water partition coefficient (Wildman–Crippen LogP) is 9.31. The zero-order chi connectivity index (χ0) is 43.4. The molecule has 0 spiro atoms. The van der Waals surface area contributed by atoms with E-state index in [1.165, 1.54) is 38.5 Å². The number of aromatic nitrogens is 2. The number of benzene rings is 4. The molecule has 6 aromatic rings. The maximum absolute atomic E-state index is 13.5. The van der Waals surface area contributed by atoms with Crippen LogP contribution in [0.2, 0.25) is 0 Å². The summed E-state index contributed by atoms with van der Waals surface area (Å²) in [5.74, 6) is 2.97. The molecule has 0 amide bonds. The third kappa shape index (κ3) is 9.26. The van der Waals surface area contributed by atoms with Crippen molar-refractivity contribution in [3.8, 4) is 23.0 Å². The summed E-state index contributed by atoms with van der Waals surface area (Å²) in [6.07, 6.45) is 13.8. The maximum Gasteiger partial charge on any atom is 0.251 e. The van der Waals surface area contributed by atoms with Crippen molar-refractivity contribution >= 4 is 33.0 Å². The Labute approximate surface area is 374 Å². The molecule has 330 valence electrons. The largest absolute Gasteiger partial charge is 0.486 e. The highest BCUT2D eigenvalue weighted by atomic mass is 16.6. The second-order valence-corrected chi connectivity index (χ2v) is 17.8. The molecule has 4 aliphatic rings. The molecule has 64 heavy (non-hydrogen) atoms. The van der Waals surface area contributed by atoms with Crippen LogP contribution in [-0.4, -0.2) is 85.0 Å². The molecule has 0 radical (unpaired) electrons. The molecule has 6 heterocycles. The molecule has 10 nitrogen and oxygen atoms in total. The van der Waals surface area contributed by atoms with E-state index in [0.29, 0.717) is 44.8 Å². The number of hydrogen-bond donors (Lipinski definition) is 2. The standard InChI is InChI=1S/C54H58N4O6/c1-2-36-29-42-30-37(10-15-47(42)55-53(36)59)46(20-26-58-23-7-4-8-24-58)40-13-18-50-52(34-40)64-44(35-63-50)14-9-41-32-43-31-38(11-16-48(43)56-54(41)60)45(19-25-57-21-5-3-6-22-57)39-12-17-49-51(33-39)62-28-27-61-49/h10-13,15-20,29-34,44H,2-9,14,21-28,35H2,1H3,(H,55,59)(H,56,60)/b45-19-,46-20+. The van der Waals surface area contributed by atoms with Crippen molar-refractivity contribution < 1.29 is 18.9 Å². The van der Waals surface area contributed by atoms with Crippen molar-refractivity contribution in [2.24, 2.45) is 0 Å². The van der Waals surface area contributed by atoms with Crippen LogP contribution in [-0.2, 0) is 12.8 Å². The van der Waals surface area contributed by atoms with Crippen LogP contribution >= 0.6 is 0 Å². The highest BCUT2D eigenvalue weighted by Gasteiger charge is 2.24. The number of nitrogens with one attached hydrogen (secondary N) is 2. The summed E-state index contributed by atoms with van der Waals surface area (Å²) in [5, 5.41) is 2.00. The molecule has 2 saturated heterocycles. The van der Waals surface area contributed by atoms with E-state index < -0.39 is 0 Å². The summed E-state index contributed by atoms with van der Waals surface area (Å²) < 4.78 is 24.8. The molecule has 0 saturated carbocycles. The molecule has 2 aromatic heterocycles. The number of likely N-dealkylation sites (tertiary alicyclic amines) is 2. The van der Waals surface area contributed by atoms with Crippen LogP contribution in [0.3, 0.4) is 0 Å². The van der Waals surface area contributed by atoms with Crippen LogP contribution < -0.4 is 30.1 Å². The number of piperidine rings is 2. The van der Waals surface area contributed by atoms with Gasteiger partial charge in [0.2, 0.25) is 0 Å².